The molecule has 0 saturated carbocycles. The molecule has 66 valence electrons. The molecule has 0 atom stereocenters. The number of hydrogen-bond donors (Lipinski definition) is 1. The van der Waals surface area contributed by atoms with Crippen LogP contribution in [0.15, 0.2) is 12.1 Å². The van der Waals surface area contributed by atoms with Gasteiger partial charge in [-0.25, -0.2) is 9.78 Å². The first-order valence-electron chi connectivity index (χ1n) is 2.66. The zero-order valence-corrected chi connectivity index (χ0v) is 7.95. The van der Waals surface area contributed by atoms with Crippen LogP contribution in [0.1, 0.15) is 10.5 Å². The van der Waals surface area contributed by atoms with Crippen molar-refractivity contribution in [1.29, 1.82) is 0 Å². The summed E-state index contributed by atoms with van der Waals surface area (Å²) >= 11 is 10.9. The van der Waals surface area contributed by atoms with E-state index in [1.807, 2.05) is 0 Å². The second-order valence-electron chi connectivity index (χ2n) is 1.77. The number of pyridine rings is 1. The summed E-state index contributed by atoms with van der Waals surface area (Å²) in [5.74, 6) is -1.18. The molecule has 6 heteroatoms. The average Bonchev–Trinajstić information content (AvgIpc) is 1.94. The van der Waals surface area contributed by atoms with Gasteiger partial charge in [-0.05, 0) is 12.1 Å². The lowest BCUT2D eigenvalue weighted by atomic mass is 10.3. The van der Waals surface area contributed by atoms with Gasteiger partial charge in [-0.3, -0.25) is 0 Å². The number of halogens is 3. The fraction of sp³-hybridized carbons (Fsp3) is 0. The zero-order chi connectivity index (χ0) is 8.43. The summed E-state index contributed by atoms with van der Waals surface area (Å²) in [4.78, 5) is 13.9. The van der Waals surface area contributed by atoms with E-state index < -0.39 is 5.97 Å². The van der Waals surface area contributed by atoms with E-state index in [2.05, 4.69) is 4.98 Å². The second-order valence-corrected chi connectivity index (χ2v) is 2.56. The van der Waals surface area contributed by atoms with Gasteiger partial charge in [-0.1, -0.05) is 23.2 Å². The third-order valence-corrected chi connectivity index (χ3v) is 1.53. The Balaban J connectivity index is 0.00000121. The van der Waals surface area contributed by atoms with E-state index in [4.69, 9.17) is 28.3 Å². The molecule has 1 heterocycles. The van der Waals surface area contributed by atoms with Gasteiger partial charge in [0.05, 0.1) is 5.02 Å². The van der Waals surface area contributed by atoms with Crippen molar-refractivity contribution in [3.63, 3.8) is 0 Å². The first-order chi connectivity index (χ1) is 5.11. The van der Waals surface area contributed by atoms with E-state index in [9.17, 15) is 4.79 Å². The number of nitrogens with zero attached hydrogens (tertiary/aromatic N) is 1. The highest BCUT2D eigenvalue weighted by atomic mass is 35.5. The maximum atomic E-state index is 10.4. The van der Waals surface area contributed by atoms with Gasteiger partial charge < -0.3 is 5.11 Å². The molecule has 0 fully saturated rings. The minimum atomic E-state index is -1.18. The van der Waals surface area contributed by atoms with Crippen LogP contribution >= 0.6 is 35.6 Å². The Morgan fingerprint density at radius 1 is 1.42 bits per heavy atom. The van der Waals surface area contributed by atoms with Gasteiger partial charge in [0.1, 0.15) is 5.15 Å². The highest BCUT2D eigenvalue weighted by Crippen LogP contribution is 2.16. The van der Waals surface area contributed by atoms with Crippen molar-refractivity contribution in [3.05, 3.63) is 28.0 Å². The maximum Gasteiger partial charge on any atom is 0.356 e. The monoisotopic (exact) mass is 227 g/mol. The quantitative estimate of drug-likeness (QED) is 0.751. The fourth-order valence-corrected chi connectivity index (χ4v) is 0.902. The van der Waals surface area contributed by atoms with E-state index in [0.717, 1.165) is 0 Å². The number of aromatic nitrogens is 1. The Morgan fingerprint density at radius 2 is 2.00 bits per heavy atom. The smallest absolute Gasteiger partial charge is 0.356 e. The topological polar surface area (TPSA) is 50.2 Å². The van der Waals surface area contributed by atoms with Gasteiger partial charge in [0.2, 0.25) is 0 Å². The summed E-state index contributed by atoms with van der Waals surface area (Å²) in [7, 11) is 0. The summed E-state index contributed by atoms with van der Waals surface area (Å²) in [5.41, 5.74) is -0.223. The van der Waals surface area contributed by atoms with Gasteiger partial charge in [-0.15, -0.1) is 12.4 Å². The molecular formula is C6H4Cl3NO2. The summed E-state index contributed by atoms with van der Waals surface area (Å²) in [6, 6.07) is 2.82. The third-order valence-electron chi connectivity index (χ3n) is 1.01. The number of hydrogen-bond acceptors (Lipinski definition) is 2. The normalized spacial score (nSPS) is 8.83. The van der Waals surface area contributed by atoms with E-state index in [1.54, 1.807) is 0 Å². The lowest BCUT2D eigenvalue weighted by molar-refractivity contribution is 0.0690. The Labute approximate surface area is 84.7 Å². The van der Waals surface area contributed by atoms with Crippen LogP contribution in [0.4, 0.5) is 0 Å². The van der Waals surface area contributed by atoms with Crippen LogP contribution in [0.5, 0.6) is 0 Å². The van der Waals surface area contributed by atoms with Crippen LogP contribution in [0.2, 0.25) is 10.2 Å². The minimum absolute atomic E-state index is 0. The van der Waals surface area contributed by atoms with E-state index in [-0.39, 0.29) is 28.3 Å². The Kier molecular flexibility index (Phi) is 4.31. The molecule has 0 spiro atoms. The molecule has 0 aromatic carbocycles. The highest BCUT2D eigenvalue weighted by Gasteiger charge is 2.09. The second kappa shape index (κ2) is 4.50. The number of carboxylic acids is 1. The van der Waals surface area contributed by atoms with Crippen molar-refractivity contribution in [1.82, 2.24) is 4.98 Å². The van der Waals surface area contributed by atoms with Crippen LogP contribution in [0.25, 0.3) is 0 Å². The van der Waals surface area contributed by atoms with Crippen LogP contribution in [0, 0.1) is 0 Å². The van der Waals surface area contributed by atoms with Crippen LogP contribution in [0.3, 0.4) is 0 Å². The summed E-state index contributed by atoms with van der Waals surface area (Å²) in [6.45, 7) is 0. The standard InChI is InChI=1S/C6H3Cl2NO2.ClH/c7-3-1-2-4(8)9-5(3)6(10)11;/h1-2H,(H,10,11);1H. The maximum absolute atomic E-state index is 10.4. The van der Waals surface area contributed by atoms with Crippen LogP contribution in [-0.4, -0.2) is 16.1 Å². The first-order valence-corrected chi connectivity index (χ1v) is 3.42. The van der Waals surface area contributed by atoms with Crippen molar-refractivity contribution < 1.29 is 9.90 Å². The van der Waals surface area contributed by atoms with E-state index in [0.29, 0.717) is 0 Å². The largest absolute Gasteiger partial charge is 0.476 e. The number of aromatic carboxylic acids is 1. The summed E-state index contributed by atoms with van der Waals surface area (Å²) in [5, 5.41) is 8.69. The first kappa shape index (κ1) is 11.5. The number of rotatable bonds is 1. The molecule has 1 aromatic heterocycles. The summed E-state index contributed by atoms with van der Waals surface area (Å²) in [6.07, 6.45) is 0. The molecule has 0 amide bonds. The molecule has 0 aliphatic heterocycles. The van der Waals surface area contributed by atoms with Crippen LogP contribution in [-0.2, 0) is 0 Å². The van der Waals surface area contributed by atoms with Crippen molar-refractivity contribution >= 4 is 41.6 Å². The highest BCUT2D eigenvalue weighted by molar-refractivity contribution is 6.34. The van der Waals surface area contributed by atoms with Crippen molar-refractivity contribution in [2.24, 2.45) is 0 Å². The fourth-order valence-electron chi connectivity index (χ4n) is 0.568. The molecule has 3 nitrogen and oxygen atoms in total. The Bertz CT molecular complexity index is 303. The zero-order valence-electron chi connectivity index (χ0n) is 5.62. The molecule has 1 N–H and O–H groups in total. The molecule has 1 rings (SSSR count). The lowest BCUT2D eigenvalue weighted by Crippen LogP contribution is -2.00. The molecular weight excluding hydrogens is 224 g/mol. The third kappa shape index (κ3) is 2.52. The van der Waals surface area contributed by atoms with Gasteiger partial charge in [0.15, 0.2) is 5.69 Å². The molecule has 1 aromatic rings. The molecule has 0 unspecified atom stereocenters. The van der Waals surface area contributed by atoms with Gasteiger partial charge >= 0.3 is 5.97 Å². The van der Waals surface area contributed by atoms with Crippen molar-refractivity contribution in [3.8, 4) is 0 Å². The van der Waals surface area contributed by atoms with Gasteiger partial charge in [0.25, 0.3) is 0 Å². The van der Waals surface area contributed by atoms with Crippen LogP contribution < -0.4 is 0 Å². The minimum Gasteiger partial charge on any atom is -0.476 e. The SMILES string of the molecule is Cl.O=C(O)c1nc(Cl)ccc1Cl. The van der Waals surface area contributed by atoms with Crippen molar-refractivity contribution in [2.75, 3.05) is 0 Å². The lowest BCUT2D eigenvalue weighted by Gasteiger charge is -1.96. The average molecular weight is 228 g/mol. The van der Waals surface area contributed by atoms with Gasteiger partial charge in [-0.2, -0.15) is 0 Å². The van der Waals surface area contributed by atoms with Gasteiger partial charge in [0, 0.05) is 0 Å². The Morgan fingerprint density at radius 3 is 2.42 bits per heavy atom. The molecule has 0 saturated heterocycles. The van der Waals surface area contributed by atoms with E-state index >= 15 is 0 Å². The summed E-state index contributed by atoms with van der Waals surface area (Å²) < 4.78 is 0. The molecule has 12 heavy (non-hydrogen) atoms. The molecule has 0 aliphatic rings. The molecule has 0 aliphatic carbocycles. The predicted octanol–water partition coefficient (Wildman–Crippen LogP) is 2.51. The number of carbonyl (C=O) groups is 1. The molecule has 0 radical (unpaired) electrons. The van der Waals surface area contributed by atoms with Crippen molar-refractivity contribution in [2.45, 2.75) is 0 Å². The van der Waals surface area contributed by atoms with E-state index in [1.165, 1.54) is 12.1 Å². The Hall–Kier alpha value is -0.510. The molecule has 0 bridgehead atoms. The number of carboxylic acid groups (broad SMARTS) is 1. The predicted molar refractivity (Wildman–Crippen MR) is 48.5 cm³/mol.